The molecule has 0 spiro atoms. The van der Waals surface area contributed by atoms with Gasteiger partial charge in [0.1, 0.15) is 6.54 Å². The van der Waals surface area contributed by atoms with Gasteiger partial charge in [-0.15, -0.1) is 11.3 Å². The predicted molar refractivity (Wildman–Crippen MR) is 124 cm³/mol. The number of carbonyl (C=O) groups excluding carboxylic acids is 2. The summed E-state index contributed by atoms with van der Waals surface area (Å²) in [4.78, 5) is 28.4. The second-order valence-corrected chi connectivity index (χ2v) is 9.11. The molecule has 4 nitrogen and oxygen atoms in total. The molecule has 0 radical (unpaired) electrons. The molecule has 31 heavy (non-hydrogen) atoms. The Labute approximate surface area is 186 Å². The SMILES string of the molecule is C=C1c2ccccc2C(=O)N1CC(=O)N[C@H](c1ccc2c(c1)CCCC2)c1cccs1. The summed E-state index contributed by atoms with van der Waals surface area (Å²) in [6.07, 6.45) is 4.68. The van der Waals surface area contributed by atoms with Crippen LogP contribution in [-0.4, -0.2) is 23.3 Å². The highest BCUT2D eigenvalue weighted by Crippen LogP contribution is 2.32. The minimum atomic E-state index is -0.229. The number of rotatable bonds is 5. The highest BCUT2D eigenvalue weighted by atomic mass is 32.1. The summed E-state index contributed by atoms with van der Waals surface area (Å²) in [5.74, 6) is -0.365. The van der Waals surface area contributed by atoms with Gasteiger partial charge in [-0.1, -0.05) is 49.0 Å². The Bertz CT molecular complexity index is 1130. The van der Waals surface area contributed by atoms with E-state index in [1.54, 1.807) is 17.4 Å². The van der Waals surface area contributed by atoms with Gasteiger partial charge in [0, 0.05) is 21.7 Å². The summed E-state index contributed by atoms with van der Waals surface area (Å²) in [6.45, 7) is 4.00. The molecule has 1 aromatic heterocycles. The van der Waals surface area contributed by atoms with Crippen molar-refractivity contribution in [3.63, 3.8) is 0 Å². The molecule has 1 atom stereocenters. The minimum absolute atomic E-state index is 0.0425. The fourth-order valence-corrected chi connectivity index (χ4v) is 5.36. The smallest absolute Gasteiger partial charge is 0.259 e. The lowest BCUT2D eigenvalue weighted by Crippen LogP contribution is -2.38. The normalized spacial score (nSPS) is 16.1. The van der Waals surface area contributed by atoms with Crippen molar-refractivity contribution in [3.8, 4) is 0 Å². The van der Waals surface area contributed by atoms with Gasteiger partial charge in [-0.3, -0.25) is 14.5 Å². The molecule has 1 aliphatic heterocycles. The zero-order valence-corrected chi connectivity index (χ0v) is 18.1. The van der Waals surface area contributed by atoms with Crippen LogP contribution in [-0.2, 0) is 17.6 Å². The van der Waals surface area contributed by atoms with Crippen LogP contribution in [0.4, 0.5) is 0 Å². The van der Waals surface area contributed by atoms with Gasteiger partial charge in [-0.2, -0.15) is 0 Å². The highest BCUT2D eigenvalue weighted by Gasteiger charge is 2.32. The van der Waals surface area contributed by atoms with E-state index in [-0.39, 0.29) is 24.4 Å². The van der Waals surface area contributed by atoms with Gasteiger partial charge >= 0.3 is 0 Å². The monoisotopic (exact) mass is 428 g/mol. The Morgan fingerprint density at radius 3 is 2.55 bits per heavy atom. The lowest BCUT2D eigenvalue weighted by atomic mass is 9.89. The van der Waals surface area contributed by atoms with Crippen LogP contribution < -0.4 is 5.32 Å². The zero-order chi connectivity index (χ0) is 21.4. The van der Waals surface area contributed by atoms with Crippen molar-refractivity contribution in [3.05, 3.63) is 99.3 Å². The van der Waals surface area contributed by atoms with Crippen LogP contribution in [0.3, 0.4) is 0 Å². The van der Waals surface area contributed by atoms with Crippen molar-refractivity contribution in [2.24, 2.45) is 0 Å². The third-order valence-corrected chi connectivity index (χ3v) is 7.12. The number of thiophene rings is 1. The van der Waals surface area contributed by atoms with Gasteiger partial charge in [-0.25, -0.2) is 0 Å². The van der Waals surface area contributed by atoms with E-state index in [1.165, 1.54) is 28.9 Å². The van der Waals surface area contributed by atoms with Crippen LogP contribution in [0.15, 0.2) is 66.6 Å². The fraction of sp³-hybridized carbons (Fsp3) is 0.231. The molecular weight excluding hydrogens is 404 g/mol. The molecule has 0 unspecified atom stereocenters. The molecule has 5 heteroatoms. The topological polar surface area (TPSA) is 49.4 Å². The molecule has 0 fully saturated rings. The molecule has 1 N–H and O–H groups in total. The molecule has 156 valence electrons. The maximum Gasteiger partial charge on any atom is 0.259 e. The molecule has 2 heterocycles. The van der Waals surface area contributed by atoms with Crippen LogP contribution in [0, 0.1) is 0 Å². The van der Waals surface area contributed by atoms with E-state index in [0.717, 1.165) is 28.8 Å². The van der Waals surface area contributed by atoms with E-state index in [2.05, 4.69) is 30.1 Å². The largest absolute Gasteiger partial charge is 0.343 e. The second-order valence-electron chi connectivity index (χ2n) is 8.13. The first-order valence-corrected chi connectivity index (χ1v) is 11.5. The number of carbonyl (C=O) groups is 2. The van der Waals surface area contributed by atoms with Crippen molar-refractivity contribution >= 4 is 28.8 Å². The highest BCUT2D eigenvalue weighted by molar-refractivity contribution is 7.10. The molecule has 1 aliphatic carbocycles. The summed E-state index contributed by atoms with van der Waals surface area (Å²) in [7, 11) is 0. The summed E-state index contributed by atoms with van der Waals surface area (Å²) in [5, 5.41) is 5.20. The Hall–Kier alpha value is -3.18. The van der Waals surface area contributed by atoms with Gasteiger partial charge in [0.15, 0.2) is 0 Å². The Kier molecular flexibility index (Phi) is 5.20. The summed E-state index contributed by atoms with van der Waals surface area (Å²) < 4.78 is 0. The average molecular weight is 429 g/mol. The summed E-state index contributed by atoms with van der Waals surface area (Å²) in [5.41, 5.74) is 5.87. The number of hydrogen-bond donors (Lipinski definition) is 1. The molecule has 2 amide bonds. The molecule has 0 bridgehead atoms. The number of nitrogens with one attached hydrogen (secondary N) is 1. The molecule has 0 saturated heterocycles. The minimum Gasteiger partial charge on any atom is -0.343 e. The number of fused-ring (bicyclic) bond motifs is 2. The summed E-state index contributed by atoms with van der Waals surface area (Å²) >= 11 is 1.63. The van der Waals surface area contributed by atoms with Crippen LogP contribution in [0.1, 0.15) is 56.4 Å². The number of hydrogen-bond acceptors (Lipinski definition) is 3. The Balaban J connectivity index is 1.38. The van der Waals surface area contributed by atoms with Crippen LogP contribution in [0.25, 0.3) is 5.70 Å². The molecule has 3 aromatic rings. The van der Waals surface area contributed by atoms with E-state index in [4.69, 9.17) is 0 Å². The van der Waals surface area contributed by atoms with E-state index >= 15 is 0 Å². The number of aryl methyl sites for hydroxylation is 2. The fourth-order valence-electron chi connectivity index (χ4n) is 4.56. The van der Waals surface area contributed by atoms with Crippen LogP contribution >= 0.6 is 11.3 Å². The molecule has 5 rings (SSSR count). The average Bonchev–Trinajstić information content (AvgIpc) is 3.41. The maximum absolute atomic E-state index is 13.1. The van der Waals surface area contributed by atoms with Crippen molar-refractivity contribution in [2.45, 2.75) is 31.7 Å². The van der Waals surface area contributed by atoms with E-state index < -0.39 is 0 Å². The van der Waals surface area contributed by atoms with Gasteiger partial charge < -0.3 is 5.32 Å². The van der Waals surface area contributed by atoms with E-state index in [9.17, 15) is 9.59 Å². The Morgan fingerprint density at radius 1 is 1.03 bits per heavy atom. The van der Waals surface area contributed by atoms with E-state index in [0.29, 0.717) is 11.3 Å². The summed E-state index contributed by atoms with van der Waals surface area (Å²) in [6, 6.07) is 17.8. The third-order valence-electron chi connectivity index (χ3n) is 6.18. The quantitative estimate of drug-likeness (QED) is 0.624. The predicted octanol–water partition coefficient (Wildman–Crippen LogP) is 4.96. The third kappa shape index (κ3) is 3.70. The lowest BCUT2D eigenvalue weighted by molar-refractivity contribution is -0.121. The Morgan fingerprint density at radius 2 is 1.81 bits per heavy atom. The van der Waals surface area contributed by atoms with Crippen molar-refractivity contribution in [1.82, 2.24) is 10.2 Å². The number of benzene rings is 2. The standard InChI is InChI=1S/C26H24N2O2S/c1-17-21-9-4-5-10-22(21)26(30)28(17)16-24(29)27-25(23-11-6-14-31-23)20-13-12-18-7-2-3-8-19(18)15-20/h4-6,9-15,25H,1-3,7-8,16H2,(H,27,29)/t25-/m1/s1. The second kappa shape index (κ2) is 8.16. The van der Waals surface area contributed by atoms with Gasteiger partial charge in [0.2, 0.25) is 5.91 Å². The maximum atomic E-state index is 13.1. The van der Waals surface area contributed by atoms with E-state index in [1.807, 2.05) is 35.7 Å². The van der Waals surface area contributed by atoms with Crippen molar-refractivity contribution < 1.29 is 9.59 Å². The molecule has 2 aromatic carbocycles. The first kappa shape index (κ1) is 19.8. The first-order chi connectivity index (χ1) is 15.1. The van der Waals surface area contributed by atoms with Crippen LogP contribution in [0.5, 0.6) is 0 Å². The van der Waals surface area contributed by atoms with Gasteiger partial charge in [0.25, 0.3) is 5.91 Å². The van der Waals surface area contributed by atoms with Crippen molar-refractivity contribution in [2.75, 3.05) is 6.54 Å². The lowest BCUT2D eigenvalue weighted by Gasteiger charge is -2.23. The zero-order valence-electron chi connectivity index (χ0n) is 17.3. The van der Waals surface area contributed by atoms with Gasteiger partial charge in [-0.05, 0) is 59.9 Å². The molecular formula is C26H24N2O2S. The number of amides is 2. The molecule has 0 saturated carbocycles. The molecule has 2 aliphatic rings. The first-order valence-electron chi connectivity index (χ1n) is 10.7. The number of nitrogens with zero attached hydrogens (tertiary/aromatic N) is 1. The van der Waals surface area contributed by atoms with Crippen molar-refractivity contribution in [1.29, 1.82) is 0 Å². The van der Waals surface area contributed by atoms with Crippen LogP contribution in [0.2, 0.25) is 0 Å². The van der Waals surface area contributed by atoms with Gasteiger partial charge in [0.05, 0.1) is 6.04 Å².